The van der Waals surface area contributed by atoms with Crippen molar-refractivity contribution in [2.45, 2.75) is 6.92 Å². The van der Waals surface area contributed by atoms with Gasteiger partial charge in [0.2, 0.25) is 0 Å². The minimum atomic E-state index is 0.852. The highest BCUT2D eigenvalue weighted by atomic mass is 79.9. The maximum absolute atomic E-state index is 4.26. The zero-order chi connectivity index (χ0) is 13.2. The van der Waals surface area contributed by atoms with Crippen molar-refractivity contribution in [2.75, 3.05) is 0 Å². The van der Waals surface area contributed by atoms with Gasteiger partial charge in [-0.3, -0.25) is 4.57 Å². The first kappa shape index (κ1) is 12.1. The summed E-state index contributed by atoms with van der Waals surface area (Å²) in [5.41, 5.74) is 3.30. The molecule has 2 aromatic carbocycles. The van der Waals surface area contributed by atoms with Gasteiger partial charge in [-0.2, -0.15) is 0 Å². The molecule has 3 rings (SSSR count). The number of para-hydroxylation sites is 1. The summed E-state index contributed by atoms with van der Waals surface area (Å²) in [5, 5.41) is 8.30. The number of benzene rings is 2. The van der Waals surface area contributed by atoms with Gasteiger partial charge in [-0.25, -0.2) is 0 Å². The second kappa shape index (κ2) is 4.97. The number of aromatic nitrogens is 3. The lowest BCUT2D eigenvalue weighted by molar-refractivity contribution is 1.06. The second-order valence-electron chi connectivity index (χ2n) is 4.27. The number of hydrogen-bond acceptors (Lipinski definition) is 2. The fourth-order valence-corrected chi connectivity index (χ4v) is 2.41. The predicted molar refractivity (Wildman–Crippen MR) is 79.2 cm³/mol. The van der Waals surface area contributed by atoms with Crippen molar-refractivity contribution in [3.8, 4) is 17.1 Å². The third kappa shape index (κ3) is 2.19. The summed E-state index contributed by atoms with van der Waals surface area (Å²) >= 11 is 3.55. The summed E-state index contributed by atoms with van der Waals surface area (Å²) in [4.78, 5) is 0. The van der Waals surface area contributed by atoms with Gasteiger partial charge in [0.1, 0.15) is 6.33 Å². The molecule has 0 aliphatic carbocycles. The number of nitrogens with zero attached hydrogens (tertiary/aromatic N) is 3. The summed E-state index contributed by atoms with van der Waals surface area (Å²) in [5.74, 6) is 0.852. The van der Waals surface area contributed by atoms with Crippen LogP contribution in [0, 0.1) is 6.92 Å². The Labute approximate surface area is 120 Å². The molecule has 0 unspecified atom stereocenters. The molecule has 0 radical (unpaired) electrons. The Morgan fingerprint density at radius 1 is 1.00 bits per heavy atom. The van der Waals surface area contributed by atoms with Crippen LogP contribution in [-0.2, 0) is 0 Å². The molecule has 19 heavy (non-hydrogen) atoms. The van der Waals surface area contributed by atoms with E-state index >= 15 is 0 Å². The van der Waals surface area contributed by atoms with Crippen LogP contribution in [0.5, 0.6) is 0 Å². The van der Waals surface area contributed by atoms with Crippen molar-refractivity contribution in [1.29, 1.82) is 0 Å². The zero-order valence-corrected chi connectivity index (χ0v) is 12.0. The van der Waals surface area contributed by atoms with Crippen LogP contribution in [0.3, 0.4) is 0 Å². The van der Waals surface area contributed by atoms with Gasteiger partial charge in [0, 0.05) is 15.7 Å². The van der Waals surface area contributed by atoms with Crippen molar-refractivity contribution in [3.05, 3.63) is 64.9 Å². The maximum atomic E-state index is 4.26. The van der Waals surface area contributed by atoms with Gasteiger partial charge in [-0.15, -0.1) is 10.2 Å². The predicted octanol–water partition coefficient (Wildman–Crippen LogP) is 4.01. The first-order chi connectivity index (χ1) is 9.27. The molecule has 0 aliphatic rings. The molecule has 3 nitrogen and oxygen atoms in total. The van der Waals surface area contributed by atoms with E-state index in [0.717, 1.165) is 27.1 Å². The Hall–Kier alpha value is -1.94. The highest BCUT2D eigenvalue weighted by Crippen LogP contribution is 2.28. The molecule has 3 aromatic rings. The third-order valence-electron chi connectivity index (χ3n) is 3.09. The van der Waals surface area contributed by atoms with Gasteiger partial charge < -0.3 is 0 Å². The number of hydrogen-bond donors (Lipinski definition) is 0. The topological polar surface area (TPSA) is 30.7 Å². The van der Waals surface area contributed by atoms with Crippen LogP contribution in [-0.4, -0.2) is 14.8 Å². The minimum Gasteiger partial charge on any atom is -0.282 e. The lowest BCUT2D eigenvalue weighted by Gasteiger charge is -2.09. The maximum Gasteiger partial charge on any atom is 0.168 e. The van der Waals surface area contributed by atoms with Crippen LogP contribution in [0.4, 0.5) is 0 Å². The summed E-state index contributed by atoms with van der Waals surface area (Å²) in [6, 6.07) is 16.2. The molecule has 0 fully saturated rings. The highest BCUT2D eigenvalue weighted by molar-refractivity contribution is 9.10. The molecule has 0 aliphatic heterocycles. The zero-order valence-electron chi connectivity index (χ0n) is 10.4. The molecule has 0 saturated heterocycles. The average Bonchev–Trinajstić information content (AvgIpc) is 2.92. The molecule has 1 aromatic heterocycles. The van der Waals surface area contributed by atoms with E-state index in [-0.39, 0.29) is 0 Å². The van der Waals surface area contributed by atoms with E-state index in [1.807, 2.05) is 47.0 Å². The molecule has 1 heterocycles. The smallest absolute Gasteiger partial charge is 0.168 e. The van der Waals surface area contributed by atoms with E-state index in [0.29, 0.717) is 0 Å². The van der Waals surface area contributed by atoms with Crippen molar-refractivity contribution in [2.24, 2.45) is 0 Å². The van der Waals surface area contributed by atoms with E-state index in [4.69, 9.17) is 0 Å². The summed E-state index contributed by atoms with van der Waals surface area (Å²) < 4.78 is 3.07. The summed E-state index contributed by atoms with van der Waals surface area (Å²) in [7, 11) is 0. The van der Waals surface area contributed by atoms with Crippen LogP contribution in [0.25, 0.3) is 17.1 Å². The molecule has 4 heteroatoms. The quantitative estimate of drug-likeness (QED) is 0.715. The largest absolute Gasteiger partial charge is 0.282 e. The first-order valence-corrected chi connectivity index (χ1v) is 6.77. The lowest BCUT2D eigenvalue weighted by atomic mass is 10.1. The molecule has 0 bridgehead atoms. The number of halogens is 1. The van der Waals surface area contributed by atoms with E-state index in [1.54, 1.807) is 6.33 Å². The van der Waals surface area contributed by atoms with E-state index in [9.17, 15) is 0 Å². The molecule has 0 amide bonds. The number of rotatable bonds is 2. The van der Waals surface area contributed by atoms with Crippen molar-refractivity contribution in [3.63, 3.8) is 0 Å². The summed E-state index contributed by atoms with van der Waals surface area (Å²) in [6.07, 6.45) is 1.74. The Morgan fingerprint density at radius 3 is 2.58 bits per heavy atom. The molecule has 0 atom stereocenters. The van der Waals surface area contributed by atoms with E-state index in [1.165, 1.54) is 0 Å². The molecule has 94 valence electrons. The molecule has 0 N–H and O–H groups in total. The second-order valence-corrected chi connectivity index (χ2v) is 5.13. The van der Waals surface area contributed by atoms with Crippen LogP contribution in [0.15, 0.2) is 59.3 Å². The Morgan fingerprint density at radius 2 is 1.79 bits per heavy atom. The third-order valence-corrected chi connectivity index (χ3v) is 3.95. The van der Waals surface area contributed by atoms with Crippen molar-refractivity contribution < 1.29 is 0 Å². The van der Waals surface area contributed by atoms with Crippen LogP contribution >= 0.6 is 15.9 Å². The average molecular weight is 314 g/mol. The van der Waals surface area contributed by atoms with Crippen LogP contribution in [0.1, 0.15) is 5.56 Å². The van der Waals surface area contributed by atoms with Crippen LogP contribution < -0.4 is 0 Å². The van der Waals surface area contributed by atoms with E-state index < -0.39 is 0 Å². The Balaban J connectivity index is 2.18. The Bertz CT molecular complexity index is 704. The molecule has 0 saturated carbocycles. The first-order valence-electron chi connectivity index (χ1n) is 5.98. The SMILES string of the molecule is Cc1c(Br)cccc1-c1nncn1-c1ccccc1. The Kier molecular flexibility index (Phi) is 3.17. The van der Waals surface area contributed by atoms with Gasteiger partial charge >= 0.3 is 0 Å². The lowest BCUT2D eigenvalue weighted by Crippen LogP contribution is -1.97. The van der Waals surface area contributed by atoms with Crippen molar-refractivity contribution >= 4 is 15.9 Å². The van der Waals surface area contributed by atoms with Crippen LogP contribution in [0.2, 0.25) is 0 Å². The van der Waals surface area contributed by atoms with Gasteiger partial charge in [0.05, 0.1) is 0 Å². The normalized spacial score (nSPS) is 10.6. The molecular weight excluding hydrogens is 302 g/mol. The van der Waals surface area contributed by atoms with Gasteiger partial charge in [0.15, 0.2) is 5.82 Å². The monoisotopic (exact) mass is 313 g/mol. The van der Waals surface area contributed by atoms with Gasteiger partial charge in [-0.1, -0.05) is 46.3 Å². The fourth-order valence-electron chi connectivity index (χ4n) is 2.05. The fraction of sp³-hybridized carbons (Fsp3) is 0.0667. The molecular formula is C15H12BrN3. The highest BCUT2D eigenvalue weighted by Gasteiger charge is 2.12. The van der Waals surface area contributed by atoms with Gasteiger partial charge in [0.25, 0.3) is 0 Å². The standard InChI is InChI=1S/C15H12BrN3/c1-11-13(8-5-9-14(11)16)15-18-17-10-19(15)12-6-3-2-4-7-12/h2-10H,1H3. The van der Waals surface area contributed by atoms with E-state index in [2.05, 4.69) is 39.1 Å². The molecule has 0 spiro atoms. The van der Waals surface area contributed by atoms with Crippen molar-refractivity contribution in [1.82, 2.24) is 14.8 Å². The summed E-state index contributed by atoms with van der Waals surface area (Å²) in [6.45, 7) is 2.07. The van der Waals surface area contributed by atoms with Gasteiger partial charge in [-0.05, 0) is 30.7 Å². The minimum absolute atomic E-state index is 0.852.